The average Bonchev–Trinajstić information content (AvgIpc) is 2.73. The van der Waals surface area contributed by atoms with Gasteiger partial charge < -0.3 is 10.3 Å². The molecule has 15 heavy (non-hydrogen) atoms. The maximum atomic E-state index is 5.91. The van der Waals surface area contributed by atoms with Gasteiger partial charge >= 0.3 is 0 Å². The second-order valence-electron chi connectivity index (χ2n) is 4.46. The number of likely N-dealkylation sites (tertiary alicyclic amines) is 1. The van der Waals surface area contributed by atoms with Crippen LogP contribution in [0.2, 0.25) is 0 Å². The minimum absolute atomic E-state index is 0.327. The van der Waals surface area contributed by atoms with Crippen LogP contribution in [0.25, 0.3) is 0 Å². The van der Waals surface area contributed by atoms with E-state index in [1.54, 1.807) is 0 Å². The molecular weight excluding hydrogens is 190 g/mol. The van der Waals surface area contributed by atoms with E-state index in [0.29, 0.717) is 12.1 Å². The number of nitrogens with two attached hydrogens (primary N) is 1. The van der Waals surface area contributed by atoms with Crippen molar-refractivity contribution in [3.05, 3.63) is 17.0 Å². The fourth-order valence-electron chi connectivity index (χ4n) is 2.44. The van der Waals surface area contributed by atoms with E-state index in [1.807, 2.05) is 13.8 Å². The average molecular weight is 209 g/mol. The molecule has 0 bridgehead atoms. The molecule has 4 nitrogen and oxygen atoms in total. The molecule has 2 heterocycles. The van der Waals surface area contributed by atoms with Crippen LogP contribution in [0.3, 0.4) is 0 Å². The molecule has 2 N–H and O–H groups in total. The van der Waals surface area contributed by atoms with Crippen LogP contribution in [-0.4, -0.2) is 29.2 Å². The van der Waals surface area contributed by atoms with Crippen molar-refractivity contribution in [2.24, 2.45) is 5.73 Å². The van der Waals surface area contributed by atoms with Gasteiger partial charge in [-0.15, -0.1) is 0 Å². The van der Waals surface area contributed by atoms with Crippen LogP contribution in [0.5, 0.6) is 0 Å². The third-order valence-corrected chi connectivity index (χ3v) is 3.31. The van der Waals surface area contributed by atoms with E-state index in [9.17, 15) is 0 Å². The molecule has 0 amide bonds. The second kappa shape index (κ2) is 3.94. The number of rotatable bonds is 2. The van der Waals surface area contributed by atoms with Gasteiger partial charge in [-0.05, 0) is 27.2 Å². The highest BCUT2D eigenvalue weighted by molar-refractivity contribution is 5.24. The highest BCUT2D eigenvalue weighted by Crippen LogP contribution is 2.28. The van der Waals surface area contributed by atoms with E-state index in [1.165, 1.54) is 5.56 Å². The lowest BCUT2D eigenvalue weighted by Crippen LogP contribution is -2.29. The standard InChI is InChI=1S/C11H19N3O/c1-7-11(9(3)15-13-7)8(2)14-5-4-10(12)6-14/h8,10H,4-6,12H2,1-3H3. The Morgan fingerprint density at radius 2 is 2.27 bits per heavy atom. The Bertz CT molecular complexity index is 328. The van der Waals surface area contributed by atoms with Gasteiger partial charge in [-0.25, -0.2) is 0 Å². The smallest absolute Gasteiger partial charge is 0.138 e. The summed E-state index contributed by atoms with van der Waals surface area (Å²) in [5.41, 5.74) is 8.14. The van der Waals surface area contributed by atoms with Crippen molar-refractivity contribution in [3.63, 3.8) is 0 Å². The molecule has 1 aliphatic heterocycles. The van der Waals surface area contributed by atoms with Gasteiger partial charge in [0, 0.05) is 30.7 Å². The third-order valence-electron chi connectivity index (χ3n) is 3.31. The maximum Gasteiger partial charge on any atom is 0.138 e. The first-order chi connectivity index (χ1) is 7.09. The zero-order valence-electron chi connectivity index (χ0n) is 9.66. The number of aryl methyl sites for hydroxylation is 2. The summed E-state index contributed by atoms with van der Waals surface area (Å²) in [6.45, 7) is 8.22. The highest BCUT2D eigenvalue weighted by atomic mass is 16.5. The molecule has 0 aromatic carbocycles. The van der Waals surface area contributed by atoms with Gasteiger partial charge in [-0.3, -0.25) is 4.90 Å². The predicted molar refractivity (Wildman–Crippen MR) is 58.6 cm³/mol. The Morgan fingerprint density at radius 3 is 2.73 bits per heavy atom. The predicted octanol–water partition coefficient (Wildman–Crippen LogP) is 1.39. The van der Waals surface area contributed by atoms with E-state index < -0.39 is 0 Å². The zero-order valence-corrected chi connectivity index (χ0v) is 9.66. The minimum atomic E-state index is 0.327. The summed E-state index contributed by atoms with van der Waals surface area (Å²) in [4.78, 5) is 2.40. The van der Waals surface area contributed by atoms with Crippen molar-refractivity contribution in [2.45, 2.75) is 39.3 Å². The van der Waals surface area contributed by atoms with Crippen LogP contribution in [0.4, 0.5) is 0 Å². The van der Waals surface area contributed by atoms with Crippen LogP contribution in [0.1, 0.15) is 36.4 Å². The zero-order chi connectivity index (χ0) is 11.0. The topological polar surface area (TPSA) is 55.3 Å². The first kappa shape index (κ1) is 10.6. The summed E-state index contributed by atoms with van der Waals surface area (Å²) in [7, 11) is 0. The lowest BCUT2D eigenvalue weighted by molar-refractivity contribution is 0.256. The first-order valence-corrected chi connectivity index (χ1v) is 5.52. The van der Waals surface area contributed by atoms with Crippen LogP contribution in [0, 0.1) is 13.8 Å². The Labute approximate surface area is 90.4 Å². The van der Waals surface area contributed by atoms with Crippen LogP contribution >= 0.6 is 0 Å². The molecule has 4 heteroatoms. The molecular formula is C11H19N3O. The largest absolute Gasteiger partial charge is 0.361 e. The summed E-state index contributed by atoms with van der Waals surface area (Å²) in [6, 6.07) is 0.692. The fourth-order valence-corrected chi connectivity index (χ4v) is 2.44. The monoisotopic (exact) mass is 209 g/mol. The molecule has 1 aromatic rings. The number of aromatic nitrogens is 1. The molecule has 1 saturated heterocycles. The molecule has 2 atom stereocenters. The molecule has 1 aromatic heterocycles. The van der Waals surface area contributed by atoms with E-state index in [4.69, 9.17) is 10.3 Å². The summed E-state index contributed by atoms with van der Waals surface area (Å²) in [5, 5.41) is 3.99. The molecule has 1 fully saturated rings. The third kappa shape index (κ3) is 1.92. The SMILES string of the molecule is Cc1noc(C)c1C(C)N1CCC(N)C1. The van der Waals surface area contributed by atoms with Crippen LogP contribution < -0.4 is 5.73 Å². The van der Waals surface area contributed by atoms with Crippen molar-refractivity contribution in [3.8, 4) is 0 Å². The Kier molecular flexibility index (Phi) is 2.80. The molecule has 0 saturated carbocycles. The van der Waals surface area contributed by atoms with Gasteiger partial charge in [0.05, 0.1) is 5.69 Å². The van der Waals surface area contributed by atoms with Gasteiger partial charge in [0.25, 0.3) is 0 Å². The summed E-state index contributed by atoms with van der Waals surface area (Å²) in [6.07, 6.45) is 1.09. The van der Waals surface area contributed by atoms with Gasteiger partial charge in [0.2, 0.25) is 0 Å². The van der Waals surface area contributed by atoms with Crippen molar-refractivity contribution in [1.29, 1.82) is 0 Å². The van der Waals surface area contributed by atoms with E-state index in [-0.39, 0.29) is 0 Å². The highest BCUT2D eigenvalue weighted by Gasteiger charge is 2.27. The number of hydrogen-bond donors (Lipinski definition) is 1. The van der Waals surface area contributed by atoms with Gasteiger partial charge in [-0.2, -0.15) is 0 Å². The second-order valence-corrected chi connectivity index (χ2v) is 4.46. The lowest BCUT2D eigenvalue weighted by Gasteiger charge is -2.23. The van der Waals surface area contributed by atoms with Crippen LogP contribution in [0.15, 0.2) is 4.52 Å². The van der Waals surface area contributed by atoms with Crippen LogP contribution in [-0.2, 0) is 0 Å². The van der Waals surface area contributed by atoms with E-state index >= 15 is 0 Å². The maximum absolute atomic E-state index is 5.91. The molecule has 0 spiro atoms. The van der Waals surface area contributed by atoms with Gasteiger partial charge in [-0.1, -0.05) is 5.16 Å². The molecule has 2 rings (SSSR count). The van der Waals surface area contributed by atoms with E-state index in [2.05, 4.69) is 17.0 Å². The Morgan fingerprint density at radius 1 is 1.53 bits per heavy atom. The summed E-state index contributed by atoms with van der Waals surface area (Å²) < 4.78 is 5.19. The fraction of sp³-hybridized carbons (Fsp3) is 0.727. The van der Waals surface area contributed by atoms with Crippen molar-refractivity contribution in [1.82, 2.24) is 10.1 Å². The molecule has 1 aliphatic rings. The normalized spacial score (nSPS) is 24.7. The van der Waals surface area contributed by atoms with Gasteiger partial charge in [0.1, 0.15) is 5.76 Å². The minimum Gasteiger partial charge on any atom is -0.361 e. The number of hydrogen-bond acceptors (Lipinski definition) is 4. The Hall–Kier alpha value is -0.870. The molecule has 0 radical (unpaired) electrons. The number of nitrogens with zero attached hydrogens (tertiary/aromatic N) is 2. The van der Waals surface area contributed by atoms with Gasteiger partial charge in [0.15, 0.2) is 0 Å². The lowest BCUT2D eigenvalue weighted by atomic mass is 10.1. The quantitative estimate of drug-likeness (QED) is 0.799. The molecule has 2 unspecified atom stereocenters. The summed E-state index contributed by atoms with van der Waals surface area (Å²) in [5.74, 6) is 0.931. The molecule has 0 aliphatic carbocycles. The van der Waals surface area contributed by atoms with Crippen molar-refractivity contribution < 1.29 is 4.52 Å². The summed E-state index contributed by atoms with van der Waals surface area (Å²) >= 11 is 0. The van der Waals surface area contributed by atoms with Crippen molar-refractivity contribution >= 4 is 0 Å². The molecule has 84 valence electrons. The Balaban J connectivity index is 2.17. The first-order valence-electron chi connectivity index (χ1n) is 5.52. The van der Waals surface area contributed by atoms with E-state index in [0.717, 1.165) is 31.0 Å². The van der Waals surface area contributed by atoms with Crippen molar-refractivity contribution in [2.75, 3.05) is 13.1 Å².